The molecule has 0 saturated heterocycles. The van der Waals surface area contributed by atoms with E-state index in [9.17, 15) is 4.79 Å². The number of hydrogen-bond donors (Lipinski definition) is 1. The van der Waals surface area contributed by atoms with E-state index in [-0.39, 0.29) is 5.91 Å². The monoisotopic (exact) mass is 279 g/mol. The van der Waals surface area contributed by atoms with Gasteiger partial charge in [-0.15, -0.1) is 11.8 Å². The maximum absolute atomic E-state index is 10.9. The summed E-state index contributed by atoms with van der Waals surface area (Å²) in [6.45, 7) is 5.59. The van der Waals surface area contributed by atoms with Crippen LogP contribution in [0.15, 0.2) is 47.9 Å². The number of carbonyl (C=O) groups excluding carboxylic acids is 1. The van der Waals surface area contributed by atoms with Crippen LogP contribution in [0.1, 0.15) is 12.8 Å². The van der Waals surface area contributed by atoms with Crippen molar-refractivity contribution in [3.63, 3.8) is 0 Å². The number of ether oxygens (including phenoxy) is 1. The molecule has 1 aromatic rings. The summed E-state index contributed by atoms with van der Waals surface area (Å²) in [6, 6.07) is 10.3. The highest BCUT2D eigenvalue weighted by Gasteiger charge is 1.95. The molecule has 0 aliphatic heterocycles. The number of amides is 1. The van der Waals surface area contributed by atoms with Gasteiger partial charge in [0.1, 0.15) is 0 Å². The fourth-order valence-electron chi connectivity index (χ4n) is 1.45. The average Bonchev–Trinajstić information content (AvgIpc) is 2.46. The predicted octanol–water partition coefficient (Wildman–Crippen LogP) is 2.88. The molecule has 104 valence electrons. The molecule has 0 aliphatic rings. The highest BCUT2D eigenvalue weighted by molar-refractivity contribution is 7.99. The van der Waals surface area contributed by atoms with Gasteiger partial charge in [0.05, 0.1) is 6.61 Å². The minimum absolute atomic E-state index is 0.111. The highest BCUT2D eigenvalue weighted by Crippen LogP contribution is 2.16. The van der Waals surface area contributed by atoms with Gasteiger partial charge in [-0.3, -0.25) is 4.79 Å². The maximum Gasteiger partial charge on any atom is 0.243 e. The number of nitrogens with one attached hydrogen (secondary N) is 1. The van der Waals surface area contributed by atoms with Crippen LogP contribution in [0, 0.1) is 0 Å². The van der Waals surface area contributed by atoms with Crippen LogP contribution in [0.4, 0.5) is 0 Å². The van der Waals surface area contributed by atoms with Gasteiger partial charge in [-0.05, 0) is 31.1 Å². The molecule has 0 bridgehead atoms. The second kappa shape index (κ2) is 10.6. The van der Waals surface area contributed by atoms with Gasteiger partial charge in [0.25, 0.3) is 0 Å². The molecule has 0 fully saturated rings. The van der Waals surface area contributed by atoms with Gasteiger partial charge >= 0.3 is 0 Å². The topological polar surface area (TPSA) is 38.3 Å². The molecule has 0 spiro atoms. The molecule has 0 aliphatic carbocycles. The third kappa shape index (κ3) is 8.46. The zero-order valence-electron chi connectivity index (χ0n) is 11.1. The predicted molar refractivity (Wildman–Crippen MR) is 80.4 cm³/mol. The van der Waals surface area contributed by atoms with Gasteiger partial charge in [0, 0.05) is 23.8 Å². The Hall–Kier alpha value is -1.26. The van der Waals surface area contributed by atoms with Gasteiger partial charge in [-0.25, -0.2) is 0 Å². The Morgan fingerprint density at radius 1 is 1.26 bits per heavy atom. The molecule has 0 radical (unpaired) electrons. The van der Waals surface area contributed by atoms with E-state index >= 15 is 0 Å². The van der Waals surface area contributed by atoms with Gasteiger partial charge < -0.3 is 10.1 Å². The fraction of sp³-hybridized carbons (Fsp3) is 0.400. The number of hydrogen-bond acceptors (Lipinski definition) is 3. The van der Waals surface area contributed by atoms with Crippen molar-refractivity contribution in [2.24, 2.45) is 0 Å². The Bertz CT molecular complexity index is 368. The van der Waals surface area contributed by atoms with Crippen molar-refractivity contribution in [1.82, 2.24) is 5.32 Å². The minimum atomic E-state index is -0.111. The highest BCUT2D eigenvalue weighted by atomic mass is 32.2. The van der Waals surface area contributed by atoms with E-state index in [0.717, 1.165) is 31.8 Å². The van der Waals surface area contributed by atoms with E-state index in [1.54, 1.807) is 11.8 Å². The Kier molecular flexibility index (Phi) is 8.85. The van der Waals surface area contributed by atoms with Crippen LogP contribution in [0.25, 0.3) is 0 Å². The molecule has 4 heteroatoms. The lowest BCUT2D eigenvalue weighted by Crippen LogP contribution is -2.22. The summed E-state index contributed by atoms with van der Waals surface area (Å²) in [7, 11) is 0. The molecule has 1 aromatic carbocycles. The van der Waals surface area contributed by atoms with Gasteiger partial charge in [0.15, 0.2) is 0 Å². The van der Waals surface area contributed by atoms with Crippen molar-refractivity contribution in [1.29, 1.82) is 0 Å². The first-order valence-corrected chi connectivity index (χ1v) is 7.47. The van der Waals surface area contributed by atoms with Crippen LogP contribution in [-0.4, -0.2) is 31.4 Å². The van der Waals surface area contributed by atoms with Crippen molar-refractivity contribution in [2.75, 3.05) is 25.5 Å². The number of unbranched alkanes of at least 4 members (excludes halogenated alkanes) is 1. The fourth-order valence-corrected chi connectivity index (χ4v) is 2.24. The molecule has 19 heavy (non-hydrogen) atoms. The second-order valence-electron chi connectivity index (χ2n) is 3.98. The second-order valence-corrected chi connectivity index (χ2v) is 5.14. The lowest BCUT2D eigenvalue weighted by molar-refractivity contribution is -0.116. The Balaban J connectivity index is 1.86. The van der Waals surface area contributed by atoms with Crippen LogP contribution in [0.3, 0.4) is 0 Å². The quantitative estimate of drug-likeness (QED) is 0.406. The normalized spacial score (nSPS) is 10.1. The summed E-state index contributed by atoms with van der Waals surface area (Å²) in [5, 5.41) is 2.74. The zero-order chi connectivity index (χ0) is 13.8. The Morgan fingerprint density at radius 2 is 2.05 bits per heavy atom. The van der Waals surface area contributed by atoms with E-state index in [4.69, 9.17) is 4.74 Å². The van der Waals surface area contributed by atoms with Crippen LogP contribution in [0.5, 0.6) is 0 Å². The van der Waals surface area contributed by atoms with Crippen molar-refractivity contribution >= 4 is 17.7 Å². The molecular weight excluding hydrogens is 258 g/mol. The molecule has 0 heterocycles. The van der Waals surface area contributed by atoms with E-state index in [2.05, 4.69) is 24.0 Å². The molecule has 1 amide bonds. The molecule has 3 nitrogen and oxygen atoms in total. The Labute approximate surface area is 119 Å². The van der Waals surface area contributed by atoms with Gasteiger partial charge in [-0.2, -0.15) is 0 Å². The van der Waals surface area contributed by atoms with E-state index in [1.807, 2.05) is 18.2 Å². The molecule has 1 N–H and O–H groups in total. The Morgan fingerprint density at radius 3 is 2.79 bits per heavy atom. The van der Waals surface area contributed by atoms with Gasteiger partial charge in [-0.1, -0.05) is 24.8 Å². The number of carbonyl (C=O) groups is 1. The SMILES string of the molecule is C=CC(=O)NCCCCOCCSc1ccccc1. The number of rotatable bonds is 10. The molecular formula is C15H21NO2S. The summed E-state index contributed by atoms with van der Waals surface area (Å²) in [5.74, 6) is 0.859. The molecule has 1 rings (SSSR count). The van der Waals surface area contributed by atoms with Crippen LogP contribution in [-0.2, 0) is 9.53 Å². The minimum Gasteiger partial charge on any atom is -0.381 e. The summed E-state index contributed by atoms with van der Waals surface area (Å²) < 4.78 is 5.54. The van der Waals surface area contributed by atoms with Crippen LogP contribution >= 0.6 is 11.8 Å². The third-order valence-corrected chi connectivity index (χ3v) is 3.42. The molecule has 0 aromatic heterocycles. The standard InChI is InChI=1S/C15H21NO2S/c1-2-15(17)16-10-6-7-11-18-12-13-19-14-8-4-3-5-9-14/h2-5,8-9H,1,6-7,10-13H2,(H,16,17). The van der Waals surface area contributed by atoms with E-state index in [0.29, 0.717) is 6.54 Å². The van der Waals surface area contributed by atoms with Crippen molar-refractivity contribution in [2.45, 2.75) is 17.7 Å². The van der Waals surface area contributed by atoms with Crippen molar-refractivity contribution in [3.05, 3.63) is 43.0 Å². The lowest BCUT2D eigenvalue weighted by atomic mass is 10.3. The average molecular weight is 279 g/mol. The third-order valence-electron chi connectivity index (χ3n) is 2.44. The van der Waals surface area contributed by atoms with Crippen molar-refractivity contribution in [3.8, 4) is 0 Å². The van der Waals surface area contributed by atoms with Crippen LogP contribution in [0.2, 0.25) is 0 Å². The van der Waals surface area contributed by atoms with E-state index in [1.165, 1.54) is 11.0 Å². The summed E-state index contributed by atoms with van der Waals surface area (Å²) in [6.07, 6.45) is 3.19. The number of thioether (sulfide) groups is 1. The summed E-state index contributed by atoms with van der Waals surface area (Å²) in [4.78, 5) is 12.1. The van der Waals surface area contributed by atoms with E-state index < -0.39 is 0 Å². The lowest BCUT2D eigenvalue weighted by Gasteiger charge is -2.05. The van der Waals surface area contributed by atoms with Crippen LogP contribution < -0.4 is 5.32 Å². The van der Waals surface area contributed by atoms with Crippen molar-refractivity contribution < 1.29 is 9.53 Å². The summed E-state index contributed by atoms with van der Waals surface area (Å²) >= 11 is 1.80. The molecule has 0 atom stereocenters. The maximum atomic E-state index is 10.9. The van der Waals surface area contributed by atoms with Gasteiger partial charge in [0.2, 0.25) is 5.91 Å². The largest absolute Gasteiger partial charge is 0.381 e. The smallest absolute Gasteiger partial charge is 0.243 e. The number of benzene rings is 1. The summed E-state index contributed by atoms with van der Waals surface area (Å²) in [5.41, 5.74) is 0. The molecule has 0 saturated carbocycles. The first-order chi connectivity index (χ1) is 9.33. The zero-order valence-corrected chi connectivity index (χ0v) is 12.0. The first kappa shape index (κ1) is 15.8. The first-order valence-electron chi connectivity index (χ1n) is 6.49. The molecule has 0 unspecified atom stereocenters.